The molecular formula is C18H19F2N3O3. The van der Waals surface area contributed by atoms with Gasteiger partial charge in [-0.3, -0.25) is 9.69 Å². The van der Waals surface area contributed by atoms with E-state index in [0.717, 1.165) is 37.8 Å². The van der Waals surface area contributed by atoms with Gasteiger partial charge in [0.2, 0.25) is 5.43 Å². The molecule has 0 bridgehead atoms. The van der Waals surface area contributed by atoms with E-state index in [4.69, 9.17) is 5.11 Å². The zero-order valence-corrected chi connectivity index (χ0v) is 14.1. The monoisotopic (exact) mass is 363 g/mol. The number of aromatic amines is 1. The number of hydrogen-bond donors (Lipinski definition) is 2. The average molecular weight is 363 g/mol. The van der Waals surface area contributed by atoms with Crippen LogP contribution in [0.5, 0.6) is 0 Å². The van der Waals surface area contributed by atoms with Crippen LogP contribution in [0.25, 0.3) is 10.9 Å². The summed E-state index contributed by atoms with van der Waals surface area (Å²) in [7, 11) is 0. The predicted octanol–water partition coefficient (Wildman–Crippen LogP) is 2.04. The number of nitrogens with one attached hydrogen (secondary N) is 1. The Labute approximate surface area is 148 Å². The van der Waals surface area contributed by atoms with Crippen molar-refractivity contribution in [1.29, 1.82) is 0 Å². The van der Waals surface area contributed by atoms with Crippen molar-refractivity contribution in [2.45, 2.75) is 12.8 Å². The summed E-state index contributed by atoms with van der Waals surface area (Å²) in [6.07, 6.45) is 3.48. The zero-order valence-electron chi connectivity index (χ0n) is 14.1. The van der Waals surface area contributed by atoms with Gasteiger partial charge in [-0.05, 0) is 24.8 Å². The molecule has 4 rings (SSSR count). The van der Waals surface area contributed by atoms with E-state index in [2.05, 4.69) is 9.88 Å². The second kappa shape index (κ2) is 6.35. The first-order valence-corrected chi connectivity index (χ1v) is 8.69. The quantitative estimate of drug-likeness (QED) is 0.869. The zero-order chi connectivity index (χ0) is 18.4. The van der Waals surface area contributed by atoms with Crippen molar-refractivity contribution in [2.75, 3.05) is 37.6 Å². The fourth-order valence-corrected chi connectivity index (χ4v) is 3.55. The van der Waals surface area contributed by atoms with Crippen LogP contribution in [0, 0.1) is 17.6 Å². The summed E-state index contributed by atoms with van der Waals surface area (Å²) >= 11 is 0. The largest absolute Gasteiger partial charge is 0.477 e. The molecule has 0 spiro atoms. The number of carbonyl (C=O) groups is 1. The first-order chi connectivity index (χ1) is 12.5. The third kappa shape index (κ3) is 2.94. The van der Waals surface area contributed by atoms with Gasteiger partial charge in [0.25, 0.3) is 0 Å². The molecule has 26 heavy (non-hydrogen) atoms. The van der Waals surface area contributed by atoms with Crippen molar-refractivity contribution in [3.8, 4) is 0 Å². The van der Waals surface area contributed by atoms with Gasteiger partial charge in [-0.15, -0.1) is 0 Å². The van der Waals surface area contributed by atoms with Crippen LogP contribution in [0.1, 0.15) is 23.2 Å². The van der Waals surface area contributed by atoms with Crippen molar-refractivity contribution in [3.63, 3.8) is 0 Å². The van der Waals surface area contributed by atoms with Gasteiger partial charge in [-0.1, -0.05) is 0 Å². The first-order valence-electron chi connectivity index (χ1n) is 8.69. The minimum Gasteiger partial charge on any atom is -0.477 e. The lowest BCUT2D eigenvalue weighted by atomic mass is 10.1. The van der Waals surface area contributed by atoms with Crippen LogP contribution in [0.2, 0.25) is 0 Å². The molecule has 2 aliphatic rings. The fraction of sp³-hybridized carbons (Fsp3) is 0.444. The molecule has 2 N–H and O–H groups in total. The van der Waals surface area contributed by atoms with E-state index in [-0.39, 0.29) is 16.6 Å². The lowest BCUT2D eigenvalue weighted by Gasteiger charge is -2.36. The summed E-state index contributed by atoms with van der Waals surface area (Å²) in [5.74, 6) is -2.38. The van der Waals surface area contributed by atoms with Crippen LogP contribution in [0.4, 0.5) is 14.5 Å². The Hall–Kier alpha value is -2.48. The number of piperazine rings is 1. The number of anilines is 1. The number of benzene rings is 1. The minimum atomic E-state index is -1.44. The maximum absolute atomic E-state index is 14.9. The molecule has 8 heteroatoms. The summed E-state index contributed by atoms with van der Waals surface area (Å²) in [5, 5.41) is 8.70. The van der Waals surface area contributed by atoms with Crippen molar-refractivity contribution in [3.05, 3.63) is 39.7 Å². The Morgan fingerprint density at radius 1 is 1.23 bits per heavy atom. The van der Waals surface area contributed by atoms with E-state index in [9.17, 15) is 18.4 Å². The molecule has 138 valence electrons. The fourth-order valence-electron chi connectivity index (χ4n) is 3.55. The molecule has 0 unspecified atom stereocenters. The Kier molecular flexibility index (Phi) is 4.14. The second-order valence-electron chi connectivity index (χ2n) is 7.01. The van der Waals surface area contributed by atoms with Crippen LogP contribution >= 0.6 is 0 Å². The molecular weight excluding hydrogens is 344 g/mol. The lowest BCUT2D eigenvalue weighted by molar-refractivity contribution is 0.0695. The number of pyridine rings is 1. The third-order valence-electron chi connectivity index (χ3n) is 5.18. The van der Waals surface area contributed by atoms with Gasteiger partial charge in [0.15, 0.2) is 5.82 Å². The molecule has 0 radical (unpaired) electrons. The van der Waals surface area contributed by atoms with Crippen molar-refractivity contribution in [1.82, 2.24) is 9.88 Å². The van der Waals surface area contributed by atoms with Gasteiger partial charge >= 0.3 is 5.97 Å². The maximum atomic E-state index is 14.9. The SMILES string of the molecule is O=C(O)c1c[nH]c2c(F)c(N3CCN(CC4CC4)CC3)c(F)cc2c1=O. The predicted molar refractivity (Wildman–Crippen MR) is 92.8 cm³/mol. The molecule has 1 aliphatic carbocycles. The molecule has 1 aromatic carbocycles. The molecule has 1 saturated carbocycles. The number of halogens is 2. The highest BCUT2D eigenvalue weighted by Crippen LogP contribution is 2.32. The standard InChI is InChI=1S/C18H19F2N3O3/c19-13-7-11-15(21-8-12(17(11)24)18(25)26)14(20)16(13)23-5-3-22(4-6-23)9-10-1-2-10/h7-8,10H,1-6,9H2,(H,21,24)(H,25,26). The number of nitrogens with zero attached hydrogens (tertiary/aromatic N) is 2. The Morgan fingerprint density at radius 3 is 2.54 bits per heavy atom. The smallest absolute Gasteiger partial charge is 0.341 e. The van der Waals surface area contributed by atoms with E-state index in [1.165, 1.54) is 12.8 Å². The van der Waals surface area contributed by atoms with Gasteiger partial charge in [0.1, 0.15) is 17.1 Å². The van der Waals surface area contributed by atoms with Gasteiger partial charge < -0.3 is 15.0 Å². The maximum Gasteiger partial charge on any atom is 0.341 e. The summed E-state index contributed by atoms with van der Waals surface area (Å²) < 4.78 is 29.5. The van der Waals surface area contributed by atoms with Crippen LogP contribution in [0.15, 0.2) is 17.1 Å². The molecule has 0 amide bonds. The minimum absolute atomic E-state index is 0.165. The van der Waals surface area contributed by atoms with E-state index in [1.54, 1.807) is 4.90 Å². The molecule has 0 atom stereocenters. The molecule has 6 nitrogen and oxygen atoms in total. The van der Waals surface area contributed by atoms with Crippen LogP contribution in [-0.4, -0.2) is 53.7 Å². The number of aromatic carboxylic acids is 1. The number of fused-ring (bicyclic) bond motifs is 1. The van der Waals surface area contributed by atoms with E-state index >= 15 is 0 Å². The van der Waals surface area contributed by atoms with E-state index in [1.807, 2.05) is 0 Å². The molecule has 2 aromatic rings. The molecule has 1 aromatic heterocycles. The van der Waals surface area contributed by atoms with Crippen molar-refractivity contribution >= 4 is 22.6 Å². The number of carboxylic acids is 1. The van der Waals surface area contributed by atoms with E-state index in [0.29, 0.717) is 13.1 Å². The molecule has 2 heterocycles. The van der Waals surface area contributed by atoms with Crippen molar-refractivity contribution < 1.29 is 18.7 Å². The molecule has 2 fully saturated rings. The number of H-pyrrole nitrogens is 1. The Bertz CT molecular complexity index is 931. The number of aromatic nitrogens is 1. The van der Waals surface area contributed by atoms with Crippen LogP contribution in [0.3, 0.4) is 0 Å². The molecule has 1 aliphatic heterocycles. The summed E-state index contributed by atoms with van der Waals surface area (Å²) in [6, 6.07) is 0.926. The van der Waals surface area contributed by atoms with E-state index < -0.39 is 28.6 Å². The summed E-state index contributed by atoms with van der Waals surface area (Å²) in [5.41, 5.74) is -1.78. The highest BCUT2D eigenvalue weighted by atomic mass is 19.1. The second-order valence-corrected chi connectivity index (χ2v) is 7.01. The average Bonchev–Trinajstić information content (AvgIpc) is 3.41. The van der Waals surface area contributed by atoms with Crippen molar-refractivity contribution in [2.24, 2.45) is 5.92 Å². The lowest BCUT2D eigenvalue weighted by Crippen LogP contribution is -2.47. The first kappa shape index (κ1) is 17.0. The highest BCUT2D eigenvalue weighted by molar-refractivity contribution is 5.93. The summed E-state index contributed by atoms with van der Waals surface area (Å²) in [4.78, 5) is 29.7. The number of carboxylic acid groups (broad SMARTS) is 1. The third-order valence-corrected chi connectivity index (χ3v) is 5.18. The Morgan fingerprint density at radius 2 is 1.92 bits per heavy atom. The van der Waals surface area contributed by atoms with Gasteiger partial charge in [-0.25, -0.2) is 13.6 Å². The molecule has 1 saturated heterocycles. The highest BCUT2D eigenvalue weighted by Gasteiger charge is 2.29. The van der Waals surface area contributed by atoms with Crippen LogP contribution < -0.4 is 10.3 Å². The number of rotatable bonds is 4. The van der Waals surface area contributed by atoms with Gasteiger partial charge in [-0.2, -0.15) is 0 Å². The normalized spacial score (nSPS) is 18.5. The Balaban J connectivity index is 1.66. The number of hydrogen-bond acceptors (Lipinski definition) is 4. The van der Waals surface area contributed by atoms with Gasteiger partial charge in [0, 0.05) is 38.9 Å². The topological polar surface area (TPSA) is 76.6 Å². The summed E-state index contributed by atoms with van der Waals surface area (Å²) in [6.45, 7) is 3.53. The van der Waals surface area contributed by atoms with Gasteiger partial charge in [0.05, 0.1) is 10.9 Å². The van der Waals surface area contributed by atoms with Crippen LogP contribution in [-0.2, 0) is 0 Å².